The Morgan fingerprint density at radius 1 is 1.48 bits per heavy atom. The van der Waals surface area contributed by atoms with Crippen molar-refractivity contribution in [2.75, 3.05) is 0 Å². The molecule has 0 aromatic carbocycles. The fourth-order valence-electron chi connectivity index (χ4n) is 1.47. The molecule has 0 aliphatic rings. The van der Waals surface area contributed by atoms with Crippen molar-refractivity contribution in [2.45, 2.75) is 38.8 Å². The van der Waals surface area contributed by atoms with Crippen molar-refractivity contribution in [2.24, 2.45) is 0 Å². The highest BCUT2D eigenvalue weighted by Gasteiger charge is 2.24. The minimum Gasteiger partial charge on any atom is -0.480 e. The van der Waals surface area contributed by atoms with Crippen molar-refractivity contribution in [1.29, 1.82) is 5.26 Å². The third kappa shape index (κ3) is 5.91. The predicted octanol–water partition coefficient (Wildman–Crippen LogP) is 1.47. The first kappa shape index (κ1) is 16.4. The van der Waals surface area contributed by atoms with Crippen molar-refractivity contribution < 1.29 is 19.4 Å². The summed E-state index contributed by atoms with van der Waals surface area (Å²) < 4.78 is 5.02. The van der Waals surface area contributed by atoms with Gasteiger partial charge in [0.25, 0.3) is 0 Å². The Balaban J connectivity index is 2.72. The van der Waals surface area contributed by atoms with Crippen LogP contribution in [0.1, 0.15) is 32.0 Å². The molecule has 2 N–H and O–H groups in total. The van der Waals surface area contributed by atoms with Crippen molar-refractivity contribution in [3.05, 3.63) is 29.6 Å². The van der Waals surface area contributed by atoms with Crippen LogP contribution in [0.4, 0.5) is 4.79 Å². The van der Waals surface area contributed by atoms with Crippen LogP contribution in [0.5, 0.6) is 0 Å². The van der Waals surface area contributed by atoms with Crippen LogP contribution < -0.4 is 5.32 Å². The number of carboxylic acid groups (broad SMARTS) is 1. The van der Waals surface area contributed by atoms with Gasteiger partial charge in [-0.1, -0.05) is 0 Å². The maximum Gasteiger partial charge on any atom is 0.408 e. The Bertz CT molecular complexity index is 555. The molecule has 21 heavy (non-hydrogen) atoms. The Morgan fingerprint density at radius 3 is 2.57 bits per heavy atom. The molecule has 0 aliphatic heterocycles. The number of hydrogen-bond acceptors (Lipinski definition) is 5. The van der Waals surface area contributed by atoms with Crippen LogP contribution in [-0.2, 0) is 16.0 Å². The van der Waals surface area contributed by atoms with E-state index in [1.807, 2.05) is 6.07 Å². The van der Waals surface area contributed by atoms with Gasteiger partial charge in [0.05, 0.1) is 5.56 Å². The number of pyridine rings is 1. The van der Waals surface area contributed by atoms with E-state index in [1.165, 1.54) is 12.3 Å². The number of hydrogen-bond donors (Lipinski definition) is 2. The van der Waals surface area contributed by atoms with Crippen LogP contribution in [0.25, 0.3) is 0 Å². The first-order chi connectivity index (χ1) is 9.71. The predicted molar refractivity (Wildman–Crippen MR) is 73.4 cm³/mol. The molecule has 0 fully saturated rings. The molecule has 1 aromatic heterocycles. The summed E-state index contributed by atoms with van der Waals surface area (Å²) in [5, 5.41) is 20.1. The summed E-state index contributed by atoms with van der Waals surface area (Å²) in [4.78, 5) is 26.8. The number of amides is 1. The van der Waals surface area contributed by atoms with Gasteiger partial charge in [0, 0.05) is 18.3 Å². The van der Waals surface area contributed by atoms with Crippen LogP contribution in [-0.4, -0.2) is 33.8 Å². The smallest absolute Gasteiger partial charge is 0.408 e. The molecule has 1 aromatic rings. The topological polar surface area (TPSA) is 112 Å². The summed E-state index contributed by atoms with van der Waals surface area (Å²) in [7, 11) is 0. The second-order valence-electron chi connectivity index (χ2n) is 5.39. The molecule has 112 valence electrons. The van der Waals surface area contributed by atoms with Gasteiger partial charge in [0.2, 0.25) is 0 Å². The first-order valence-corrected chi connectivity index (χ1v) is 6.28. The highest BCUT2D eigenvalue weighted by atomic mass is 16.6. The van der Waals surface area contributed by atoms with E-state index >= 15 is 0 Å². The summed E-state index contributed by atoms with van der Waals surface area (Å²) in [5.41, 5.74) is 0.128. The van der Waals surface area contributed by atoms with Crippen LogP contribution >= 0.6 is 0 Å². The van der Waals surface area contributed by atoms with E-state index < -0.39 is 23.7 Å². The molecule has 0 spiro atoms. The number of carbonyl (C=O) groups is 2. The van der Waals surface area contributed by atoms with Crippen molar-refractivity contribution >= 4 is 12.1 Å². The molecule has 1 unspecified atom stereocenters. The number of carboxylic acids is 1. The van der Waals surface area contributed by atoms with Crippen LogP contribution in [0.3, 0.4) is 0 Å². The lowest BCUT2D eigenvalue weighted by molar-refractivity contribution is -0.139. The zero-order valence-electron chi connectivity index (χ0n) is 12.1. The standard InChI is InChI=1S/C14H17N3O4/c1-14(2,3)21-13(20)17-11(12(18)19)6-10-5-4-9(7-15)8-16-10/h4-5,8,11H,6H2,1-3H3,(H,17,20)(H,18,19). The van der Waals surface area contributed by atoms with Crippen LogP contribution in [0.2, 0.25) is 0 Å². The summed E-state index contributed by atoms with van der Waals surface area (Å²) >= 11 is 0. The van der Waals surface area contributed by atoms with Gasteiger partial charge in [0.1, 0.15) is 17.7 Å². The third-order valence-corrected chi connectivity index (χ3v) is 2.36. The second kappa shape index (κ2) is 6.70. The molecule has 0 aliphatic carbocycles. The summed E-state index contributed by atoms with van der Waals surface area (Å²) in [5.74, 6) is -1.19. The zero-order chi connectivity index (χ0) is 16.0. The number of rotatable bonds is 4. The maximum atomic E-state index is 11.6. The second-order valence-corrected chi connectivity index (χ2v) is 5.39. The van der Waals surface area contributed by atoms with Crippen LogP contribution in [0.15, 0.2) is 18.3 Å². The molecule has 0 saturated carbocycles. The van der Waals surface area contributed by atoms with E-state index in [0.29, 0.717) is 11.3 Å². The number of ether oxygens (including phenoxy) is 1. The van der Waals surface area contributed by atoms with Gasteiger partial charge < -0.3 is 15.2 Å². The quantitative estimate of drug-likeness (QED) is 0.868. The molecule has 7 heteroatoms. The summed E-state index contributed by atoms with van der Waals surface area (Å²) in [6.07, 6.45) is 0.547. The van der Waals surface area contributed by atoms with Gasteiger partial charge in [-0.05, 0) is 32.9 Å². The van der Waals surface area contributed by atoms with Gasteiger partial charge in [-0.2, -0.15) is 5.26 Å². The number of alkyl carbamates (subject to hydrolysis) is 1. The fraction of sp³-hybridized carbons (Fsp3) is 0.429. The van der Waals surface area contributed by atoms with Crippen molar-refractivity contribution in [3.63, 3.8) is 0 Å². The van der Waals surface area contributed by atoms with Gasteiger partial charge in [0.15, 0.2) is 0 Å². The summed E-state index contributed by atoms with van der Waals surface area (Å²) in [6.45, 7) is 5.06. The van der Waals surface area contributed by atoms with E-state index in [9.17, 15) is 9.59 Å². The zero-order valence-corrected chi connectivity index (χ0v) is 12.1. The highest BCUT2D eigenvalue weighted by Crippen LogP contribution is 2.08. The monoisotopic (exact) mass is 291 g/mol. The Kier molecular flexibility index (Phi) is 5.24. The normalized spacial score (nSPS) is 12.1. The number of aromatic nitrogens is 1. The van der Waals surface area contributed by atoms with Gasteiger partial charge in [-0.25, -0.2) is 9.59 Å². The number of nitrogens with zero attached hydrogens (tertiary/aromatic N) is 2. The fourth-order valence-corrected chi connectivity index (χ4v) is 1.47. The van der Waals surface area contributed by atoms with Crippen molar-refractivity contribution in [3.8, 4) is 6.07 Å². The molecule has 1 atom stereocenters. The molecule has 7 nitrogen and oxygen atoms in total. The summed E-state index contributed by atoms with van der Waals surface area (Å²) in [6, 6.07) is 3.85. The lowest BCUT2D eigenvalue weighted by Gasteiger charge is -2.21. The average Bonchev–Trinajstić information content (AvgIpc) is 2.36. The van der Waals surface area contributed by atoms with E-state index in [4.69, 9.17) is 15.1 Å². The number of aliphatic carboxylic acids is 1. The van der Waals surface area contributed by atoms with E-state index in [2.05, 4.69) is 10.3 Å². The SMILES string of the molecule is CC(C)(C)OC(=O)NC(Cc1ccc(C#N)cn1)C(=O)O. The Morgan fingerprint density at radius 2 is 2.14 bits per heavy atom. The largest absolute Gasteiger partial charge is 0.480 e. The molecule has 0 saturated heterocycles. The lowest BCUT2D eigenvalue weighted by atomic mass is 10.1. The average molecular weight is 291 g/mol. The number of nitriles is 1. The van der Waals surface area contributed by atoms with Gasteiger partial charge in [-0.3, -0.25) is 4.98 Å². The Hall–Kier alpha value is -2.62. The molecule has 0 bridgehead atoms. The van der Waals surface area contributed by atoms with E-state index in [1.54, 1.807) is 26.8 Å². The number of carbonyl (C=O) groups excluding carboxylic acids is 1. The van der Waals surface area contributed by atoms with E-state index in [-0.39, 0.29) is 6.42 Å². The third-order valence-electron chi connectivity index (χ3n) is 2.36. The molecule has 0 radical (unpaired) electrons. The molecule has 1 amide bonds. The minimum atomic E-state index is -1.19. The Labute approximate surface area is 122 Å². The molecular weight excluding hydrogens is 274 g/mol. The van der Waals surface area contributed by atoms with E-state index in [0.717, 1.165) is 0 Å². The van der Waals surface area contributed by atoms with Crippen molar-refractivity contribution in [1.82, 2.24) is 10.3 Å². The molecule has 1 rings (SSSR count). The number of nitrogens with one attached hydrogen (secondary N) is 1. The maximum absolute atomic E-state index is 11.6. The molecule has 1 heterocycles. The van der Waals surface area contributed by atoms with Gasteiger partial charge >= 0.3 is 12.1 Å². The first-order valence-electron chi connectivity index (χ1n) is 6.28. The lowest BCUT2D eigenvalue weighted by Crippen LogP contribution is -2.44. The molecular formula is C14H17N3O4. The minimum absolute atomic E-state index is 0.000283. The van der Waals surface area contributed by atoms with Gasteiger partial charge in [-0.15, -0.1) is 0 Å². The van der Waals surface area contributed by atoms with Crippen LogP contribution in [0, 0.1) is 11.3 Å². The highest BCUT2D eigenvalue weighted by molar-refractivity contribution is 5.80.